The lowest BCUT2D eigenvalue weighted by atomic mass is 10.2. The van der Waals surface area contributed by atoms with Crippen LogP contribution in [0.1, 0.15) is 15.9 Å². The molecule has 2 N–H and O–H groups in total. The zero-order valence-corrected chi connectivity index (χ0v) is 14.9. The third-order valence-electron chi connectivity index (χ3n) is 4.11. The van der Waals surface area contributed by atoms with E-state index in [0.29, 0.717) is 30.2 Å². The Morgan fingerprint density at radius 1 is 0.926 bits per heavy atom. The summed E-state index contributed by atoms with van der Waals surface area (Å²) in [5, 5.41) is 6.13. The van der Waals surface area contributed by atoms with Crippen molar-refractivity contribution >= 4 is 23.0 Å². The number of hydrogen-bond donors (Lipinski definition) is 2. The van der Waals surface area contributed by atoms with Crippen LogP contribution >= 0.6 is 0 Å². The Hall–Kier alpha value is -3.54. The van der Waals surface area contributed by atoms with Gasteiger partial charge in [0.25, 0.3) is 5.91 Å². The van der Waals surface area contributed by atoms with Crippen LogP contribution in [0.2, 0.25) is 0 Å². The summed E-state index contributed by atoms with van der Waals surface area (Å²) in [6, 6.07) is 15.0. The second-order valence-corrected chi connectivity index (χ2v) is 6.27. The predicted octanol–water partition coefficient (Wildman–Crippen LogP) is 4.16. The van der Waals surface area contributed by atoms with Gasteiger partial charge in [-0.1, -0.05) is 12.1 Å². The Morgan fingerprint density at radius 3 is 2.63 bits per heavy atom. The van der Waals surface area contributed by atoms with E-state index in [4.69, 9.17) is 9.47 Å². The number of amides is 1. The molecule has 0 unspecified atom stereocenters. The highest BCUT2D eigenvalue weighted by Crippen LogP contribution is 2.33. The minimum atomic E-state index is -0.209. The second kappa shape index (κ2) is 7.37. The first-order chi connectivity index (χ1) is 13.2. The molecule has 4 rings (SSSR count). The van der Waals surface area contributed by atoms with E-state index >= 15 is 0 Å². The van der Waals surface area contributed by atoms with Crippen molar-refractivity contribution in [2.75, 3.05) is 23.8 Å². The van der Waals surface area contributed by atoms with Crippen LogP contribution < -0.4 is 20.1 Å². The number of pyridine rings is 1. The monoisotopic (exact) mass is 361 g/mol. The van der Waals surface area contributed by atoms with Crippen LogP contribution in [0.15, 0.2) is 60.9 Å². The van der Waals surface area contributed by atoms with Gasteiger partial charge in [-0.2, -0.15) is 0 Å². The molecule has 0 atom stereocenters. The number of anilines is 3. The fraction of sp³-hybridized carbons (Fsp3) is 0.143. The van der Waals surface area contributed by atoms with E-state index in [-0.39, 0.29) is 5.91 Å². The van der Waals surface area contributed by atoms with E-state index in [1.54, 1.807) is 18.5 Å². The number of aromatic nitrogens is 1. The highest BCUT2D eigenvalue weighted by atomic mass is 16.6. The van der Waals surface area contributed by atoms with Crippen LogP contribution in [0.5, 0.6) is 11.5 Å². The third-order valence-corrected chi connectivity index (χ3v) is 4.11. The number of rotatable bonds is 4. The number of carbonyl (C=O) groups excluding carboxylic acids is 1. The molecule has 2 heterocycles. The second-order valence-electron chi connectivity index (χ2n) is 6.27. The fourth-order valence-electron chi connectivity index (χ4n) is 2.85. The van der Waals surface area contributed by atoms with Crippen LogP contribution in [0.3, 0.4) is 0 Å². The van der Waals surface area contributed by atoms with Crippen molar-refractivity contribution in [2.24, 2.45) is 0 Å². The van der Waals surface area contributed by atoms with Crippen LogP contribution in [0, 0.1) is 6.92 Å². The summed E-state index contributed by atoms with van der Waals surface area (Å²) < 4.78 is 11.1. The smallest absolute Gasteiger partial charge is 0.257 e. The van der Waals surface area contributed by atoms with Gasteiger partial charge in [-0.25, -0.2) is 0 Å². The molecule has 1 amide bonds. The van der Waals surface area contributed by atoms with Crippen molar-refractivity contribution in [3.63, 3.8) is 0 Å². The molecule has 1 aromatic heterocycles. The van der Waals surface area contributed by atoms with Crippen molar-refractivity contribution in [3.8, 4) is 11.5 Å². The minimum Gasteiger partial charge on any atom is -0.486 e. The summed E-state index contributed by atoms with van der Waals surface area (Å²) in [5.74, 6) is 1.22. The molecule has 2 aromatic carbocycles. The minimum absolute atomic E-state index is 0.209. The molecule has 6 heteroatoms. The van der Waals surface area contributed by atoms with Gasteiger partial charge in [0.15, 0.2) is 11.5 Å². The lowest BCUT2D eigenvalue weighted by molar-refractivity contribution is 0.102. The van der Waals surface area contributed by atoms with Crippen molar-refractivity contribution in [1.29, 1.82) is 0 Å². The van der Waals surface area contributed by atoms with Crippen molar-refractivity contribution in [1.82, 2.24) is 4.98 Å². The van der Waals surface area contributed by atoms with Crippen LogP contribution in [0.25, 0.3) is 0 Å². The number of nitrogens with zero attached hydrogens (tertiary/aromatic N) is 1. The van der Waals surface area contributed by atoms with Crippen LogP contribution in [-0.2, 0) is 0 Å². The average molecular weight is 361 g/mol. The summed E-state index contributed by atoms with van der Waals surface area (Å²) in [6.45, 7) is 3.07. The van der Waals surface area contributed by atoms with Gasteiger partial charge in [0, 0.05) is 23.6 Å². The largest absolute Gasteiger partial charge is 0.486 e. The maximum Gasteiger partial charge on any atom is 0.257 e. The van der Waals surface area contributed by atoms with E-state index < -0.39 is 0 Å². The van der Waals surface area contributed by atoms with E-state index in [9.17, 15) is 4.79 Å². The Morgan fingerprint density at radius 2 is 1.78 bits per heavy atom. The molecule has 0 saturated carbocycles. The molecule has 1 aliphatic heterocycles. The van der Waals surface area contributed by atoms with Gasteiger partial charge in [-0.3, -0.25) is 9.78 Å². The number of carbonyl (C=O) groups is 1. The molecule has 3 aromatic rings. The van der Waals surface area contributed by atoms with E-state index in [2.05, 4.69) is 15.6 Å². The van der Waals surface area contributed by atoms with Crippen LogP contribution in [-0.4, -0.2) is 24.1 Å². The molecule has 6 nitrogen and oxygen atoms in total. The quantitative estimate of drug-likeness (QED) is 0.730. The number of fused-ring (bicyclic) bond motifs is 1. The highest BCUT2D eigenvalue weighted by molar-refractivity contribution is 6.04. The van der Waals surface area contributed by atoms with Crippen molar-refractivity contribution in [2.45, 2.75) is 6.92 Å². The van der Waals surface area contributed by atoms with Gasteiger partial charge in [0.2, 0.25) is 0 Å². The predicted molar refractivity (Wildman–Crippen MR) is 104 cm³/mol. The maximum atomic E-state index is 12.5. The molecule has 0 bridgehead atoms. The molecule has 136 valence electrons. The number of benzene rings is 2. The Bertz CT molecular complexity index is 988. The molecule has 0 spiro atoms. The molecule has 0 saturated heterocycles. The number of ether oxygens (including phenoxy) is 2. The zero-order valence-electron chi connectivity index (χ0n) is 14.9. The summed E-state index contributed by atoms with van der Waals surface area (Å²) in [5.41, 5.74) is 3.85. The SMILES string of the molecule is Cc1cccc(NC(=O)c2cncc(Nc3ccc4c(c3)OCCO4)c2)c1. The molecular formula is C21H19N3O3. The third kappa shape index (κ3) is 4.00. The lowest BCUT2D eigenvalue weighted by Gasteiger charge is -2.19. The molecule has 27 heavy (non-hydrogen) atoms. The Kier molecular flexibility index (Phi) is 4.61. The lowest BCUT2D eigenvalue weighted by Crippen LogP contribution is -2.15. The summed E-state index contributed by atoms with van der Waals surface area (Å²) in [4.78, 5) is 16.7. The number of nitrogens with one attached hydrogen (secondary N) is 2. The standard InChI is InChI=1S/C21H19N3O3/c1-14-3-2-4-16(9-14)24-21(25)15-10-18(13-22-12-15)23-17-5-6-19-20(11-17)27-8-7-26-19/h2-6,9-13,23H,7-8H2,1H3,(H,24,25). The molecule has 0 aliphatic carbocycles. The summed E-state index contributed by atoms with van der Waals surface area (Å²) >= 11 is 0. The Labute approximate surface area is 157 Å². The number of aryl methyl sites for hydroxylation is 1. The average Bonchev–Trinajstić information content (AvgIpc) is 2.68. The van der Waals surface area contributed by atoms with Crippen LogP contribution in [0.4, 0.5) is 17.1 Å². The van der Waals surface area contributed by atoms with Crippen molar-refractivity contribution < 1.29 is 14.3 Å². The molecular weight excluding hydrogens is 342 g/mol. The van der Waals surface area contributed by atoms with Gasteiger partial charge < -0.3 is 20.1 Å². The van der Waals surface area contributed by atoms with Gasteiger partial charge in [0.1, 0.15) is 13.2 Å². The van der Waals surface area contributed by atoms with Gasteiger partial charge in [-0.15, -0.1) is 0 Å². The molecule has 0 radical (unpaired) electrons. The van der Waals surface area contributed by atoms with E-state index in [1.165, 1.54) is 0 Å². The van der Waals surface area contributed by atoms with Crippen molar-refractivity contribution in [3.05, 3.63) is 72.1 Å². The first-order valence-corrected chi connectivity index (χ1v) is 8.67. The summed E-state index contributed by atoms with van der Waals surface area (Å²) in [7, 11) is 0. The summed E-state index contributed by atoms with van der Waals surface area (Å²) in [6.07, 6.45) is 3.21. The normalized spacial score (nSPS) is 12.3. The topological polar surface area (TPSA) is 72.5 Å². The van der Waals surface area contributed by atoms with E-state index in [1.807, 2.05) is 49.4 Å². The van der Waals surface area contributed by atoms with Gasteiger partial charge >= 0.3 is 0 Å². The maximum absolute atomic E-state index is 12.5. The van der Waals surface area contributed by atoms with Gasteiger partial charge in [-0.05, 0) is 42.8 Å². The number of hydrogen-bond acceptors (Lipinski definition) is 5. The van der Waals surface area contributed by atoms with Gasteiger partial charge in [0.05, 0.1) is 17.4 Å². The fourth-order valence-corrected chi connectivity index (χ4v) is 2.85. The molecule has 1 aliphatic rings. The first-order valence-electron chi connectivity index (χ1n) is 8.67. The highest BCUT2D eigenvalue weighted by Gasteiger charge is 2.12. The van der Waals surface area contributed by atoms with E-state index in [0.717, 1.165) is 22.7 Å². The first kappa shape index (κ1) is 16.9. The molecule has 0 fully saturated rings. The zero-order chi connectivity index (χ0) is 18.6. The Balaban J connectivity index is 1.49.